The van der Waals surface area contributed by atoms with Crippen molar-refractivity contribution in [3.05, 3.63) is 41.7 Å². The van der Waals surface area contributed by atoms with Gasteiger partial charge in [-0.15, -0.1) is 0 Å². The predicted molar refractivity (Wildman–Crippen MR) is 106 cm³/mol. The molecule has 0 amide bonds. The maximum atomic E-state index is 5.43. The average Bonchev–Trinajstić information content (AvgIpc) is 3.47. The van der Waals surface area contributed by atoms with Gasteiger partial charge in [0.05, 0.1) is 18.5 Å². The molecule has 0 aliphatic heterocycles. The zero-order chi connectivity index (χ0) is 19.8. The highest BCUT2D eigenvalue weighted by Crippen LogP contribution is 2.22. The highest BCUT2D eigenvalue weighted by atomic mass is 16.5. The summed E-state index contributed by atoms with van der Waals surface area (Å²) < 4.78 is 10.7. The van der Waals surface area contributed by atoms with Gasteiger partial charge in [0.15, 0.2) is 17.5 Å². The molecule has 3 heterocycles. The van der Waals surface area contributed by atoms with Gasteiger partial charge in [-0.05, 0) is 25.0 Å². The van der Waals surface area contributed by atoms with Crippen molar-refractivity contribution in [2.45, 2.75) is 45.6 Å². The molecule has 0 spiro atoms. The van der Waals surface area contributed by atoms with Gasteiger partial charge in [0.25, 0.3) is 0 Å². The van der Waals surface area contributed by atoms with Crippen LogP contribution in [-0.4, -0.2) is 39.9 Å². The average molecular weight is 385 g/mol. The summed E-state index contributed by atoms with van der Waals surface area (Å²) >= 11 is 0. The molecule has 9 heteroatoms. The van der Waals surface area contributed by atoms with Gasteiger partial charge < -0.3 is 19.6 Å². The van der Waals surface area contributed by atoms with Gasteiger partial charge in [0, 0.05) is 32.0 Å². The minimum Gasteiger partial charge on any atom is -0.461 e. The van der Waals surface area contributed by atoms with E-state index in [4.69, 9.17) is 8.94 Å². The Morgan fingerprint density at radius 3 is 2.86 bits per heavy atom. The number of H-pyrrole nitrogens is 1. The number of nitrogens with zero attached hydrogens (tertiary/aromatic N) is 4. The fourth-order valence-corrected chi connectivity index (χ4v) is 2.93. The van der Waals surface area contributed by atoms with Crippen molar-refractivity contribution >= 4 is 5.96 Å². The molecule has 3 rings (SSSR count). The summed E-state index contributed by atoms with van der Waals surface area (Å²) in [4.78, 5) is 8.65. The Bertz CT molecular complexity index is 863. The van der Waals surface area contributed by atoms with Gasteiger partial charge >= 0.3 is 0 Å². The number of rotatable bonds is 9. The van der Waals surface area contributed by atoms with Crippen molar-refractivity contribution in [3.63, 3.8) is 0 Å². The monoisotopic (exact) mass is 385 g/mol. The maximum Gasteiger partial charge on any atom is 0.216 e. The van der Waals surface area contributed by atoms with E-state index in [9.17, 15) is 0 Å². The normalized spacial score (nSPS) is 11.9. The van der Waals surface area contributed by atoms with Crippen LogP contribution in [0, 0.1) is 0 Å². The third-order valence-corrected chi connectivity index (χ3v) is 4.56. The lowest BCUT2D eigenvalue weighted by atomic mass is 9.99. The number of furan rings is 1. The van der Waals surface area contributed by atoms with E-state index in [2.05, 4.69) is 49.8 Å². The lowest BCUT2D eigenvalue weighted by Gasteiger charge is -2.09. The lowest BCUT2D eigenvalue weighted by molar-refractivity contribution is 0.368. The Labute approximate surface area is 164 Å². The van der Waals surface area contributed by atoms with Crippen molar-refractivity contribution in [2.24, 2.45) is 4.99 Å². The molecule has 0 bridgehead atoms. The Morgan fingerprint density at radius 2 is 2.14 bits per heavy atom. The second-order valence-electron chi connectivity index (χ2n) is 6.42. The Hall–Kier alpha value is -3.10. The summed E-state index contributed by atoms with van der Waals surface area (Å²) in [5.74, 6) is 3.91. The van der Waals surface area contributed by atoms with Gasteiger partial charge in [-0.2, -0.15) is 5.10 Å². The highest BCUT2D eigenvalue weighted by Gasteiger charge is 2.13. The van der Waals surface area contributed by atoms with Crippen LogP contribution in [0.1, 0.15) is 49.9 Å². The summed E-state index contributed by atoms with van der Waals surface area (Å²) in [6.45, 7) is 5.51. The molecule has 0 aromatic carbocycles. The minimum absolute atomic E-state index is 0.447. The van der Waals surface area contributed by atoms with Crippen molar-refractivity contribution < 1.29 is 8.94 Å². The van der Waals surface area contributed by atoms with Gasteiger partial charge in [0.1, 0.15) is 5.82 Å². The number of aromatic amines is 1. The van der Waals surface area contributed by atoms with Crippen molar-refractivity contribution in [3.8, 4) is 11.6 Å². The van der Waals surface area contributed by atoms with Gasteiger partial charge in [-0.1, -0.05) is 19.0 Å². The molecule has 0 fully saturated rings. The fraction of sp³-hybridized carbons (Fsp3) is 0.474. The SMILES string of the molecule is CCC(CC)c1cc(CNC(=NC)NCCc2nc(-c3ccco3)n[nH]2)on1. The molecular weight excluding hydrogens is 358 g/mol. The van der Waals surface area contributed by atoms with Crippen LogP contribution < -0.4 is 10.6 Å². The van der Waals surface area contributed by atoms with E-state index in [0.717, 1.165) is 30.1 Å². The van der Waals surface area contributed by atoms with Crippen LogP contribution >= 0.6 is 0 Å². The van der Waals surface area contributed by atoms with Gasteiger partial charge in [0.2, 0.25) is 5.82 Å². The zero-order valence-corrected chi connectivity index (χ0v) is 16.5. The molecule has 0 atom stereocenters. The van der Waals surface area contributed by atoms with E-state index in [1.54, 1.807) is 13.3 Å². The van der Waals surface area contributed by atoms with Gasteiger partial charge in [-0.25, -0.2) is 4.98 Å². The summed E-state index contributed by atoms with van der Waals surface area (Å²) in [7, 11) is 1.73. The molecule has 0 aliphatic carbocycles. The molecule has 9 nitrogen and oxygen atoms in total. The fourth-order valence-electron chi connectivity index (χ4n) is 2.93. The van der Waals surface area contributed by atoms with Crippen LogP contribution in [0.15, 0.2) is 38.4 Å². The standard InChI is InChI=1S/C19H27N7O2/c1-4-13(5-2)15-11-14(28-26-15)12-22-19(20-3)21-9-8-17-23-18(25-24-17)16-7-6-10-27-16/h6-7,10-11,13H,4-5,8-9,12H2,1-3H3,(H2,20,21,22)(H,23,24,25). The molecule has 150 valence electrons. The second-order valence-corrected chi connectivity index (χ2v) is 6.42. The molecule has 3 aromatic heterocycles. The smallest absolute Gasteiger partial charge is 0.216 e. The van der Waals surface area contributed by atoms with Gasteiger partial charge in [-0.3, -0.25) is 10.1 Å². The summed E-state index contributed by atoms with van der Waals surface area (Å²) in [5, 5.41) is 17.7. The van der Waals surface area contributed by atoms with Crippen molar-refractivity contribution in [1.29, 1.82) is 0 Å². The minimum atomic E-state index is 0.447. The number of hydrogen-bond acceptors (Lipinski definition) is 6. The number of aliphatic imine (C=N–C) groups is 1. The van der Waals surface area contributed by atoms with E-state index in [0.29, 0.717) is 43.0 Å². The number of hydrogen-bond donors (Lipinski definition) is 3. The molecular formula is C19H27N7O2. The summed E-state index contributed by atoms with van der Waals surface area (Å²) in [5.41, 5.74) is 1.02. The third-order valence-electron chi connectivity index (χ3n) is 4.56. The quantitative estimate of drug-likeness (QED) is 0.383. The van der Waals surface area contributed by atoms with Crippen LogP contribution in [0.3, 0.4) is 0 Å². The Balaban J connectivity index is 1.44. The van der Waals surface area contributed by atoms with Crippen LogP contribution in [0.4, 0.5) is 0 Å². The lowest BCUT2D eigenvalue weighted by Crippen LogP contribution is -2.37. The molecule has 0 unspecified atom stereocenters. The predicted octanol–water partition coefficient (Wildman–Crippen LogP) is 2.86. The Kier molecular flexibility index (Phi) is 6.83. The molecule has 28 heavy (non-hydrogen) atoms. The number of nitrogens with one attached hydrogen (secondary N) is 3. The van der Waals surface area contributed by atoms with Crippen LogP contribution in [0.25, 0.3) is 11.6 Å². The van der Waals surface area contributed by atoms with E-state index in [-0.39, 0.29) is 0 Å². The second kappa shape index (κ2) is 9.72. The zero-order valence-electron chi connectivity index (χ0n) is 16.5. The topological polar surface area (TPSA) is 117 Å². The van der Waals surface area contributed by atoms with E-state index < -0.39 is 0 Å². The van der Waals surface area contributed by atoms with Crippen molar-refractivity contribution in [1.82, 2.24) is 31.0 Å². The highest BCUT2D eigenvalue weighted by molar-refractivity contribution is 5.79. The Morgan fingerprint density at radius 1 is 1.29 bits per heavy atom. The van der Waals surface area contributed by atoms with E-state index in [1.165, 1.54) is 0 Å². The largest absolute Gasteiger partial charge is 0.461 e. The molecule has 0 saturated carbocycles. The molecule has 0 saturated heterocycles. The maximum absolute atomic E-state index is 5.43. The summed E-state index contributed by atoms with van der Waals surface area (Å²) in [6.07, 6.45) is 4.39. The summed E-state index contributed by atoms with van der Waals surface area (Å²) in [6, 6.07) is 5.66. The van der Waals surface area contributed by atoms with E-state index >= 15 is 0 Å². The molecule has 0 aliphatic rings. The van der Waals surface area contributed by atoms with Crippen LogP contribution in [-0.2, 0) is 13.0 Å². The first-order valence-corrected chi connectivity index (χ1v) is 9.58. The van der Waals surface area contributed by atoms with E-state index in [1.807, 2.05) is 18.2 Å². The van der Waals surface area contributed by atoms with Crippen molar-refractivity contribution in [2.75, 3.05) is 13.6 Å². The third kappa shape index (κ3) is 4.99. The molecule has 0 radical (unpaired) electrons. The number of aromatic nitrogens is 4. The molecule has 3 aromatic rings. The van der Waals surface area contributed by atoms with Crippen LogP contribution in [0.2, 0.25) is 0 Å². The first kappa shape index (κ1) is 19.7. The molecule has 3 N–H and O–H groups in total. The van der Waals surface area contributed by atoms with Crippen LogP contribution in [0.5, 0.6) is 0 Å². The first-order valence-electron chi connectivity index (χ1n) is 9.58. The first-order chi connectivity index (χ1) is 13.7. The number of guanidine groups is 1.